The van der Waals surface area contributed by atoms with Gasteiger partial charge in [0.1, 0.15) is 0 Å². The zero-order valence-electron chi connectivity index (χ0n) is 9.51. The Kier molecular flexibility index (Phi) is 3.73. The van der Waals surface area contributed by atoms with E-state index in [2.05, 4.69) is 5.32 Å². The fourth-order valence-electron chi connectivity index (χ4n) is 1.41. The van der Waals surface area contributed by atoms with Crippen LogP contribution in [0.2, 0.25) is 0 Å². The molecule has 2 nitrogen and oxygen atoms in total. The van der Waals surface area contributed by atoms with Crippen LogP contribution in [0, 0.1) is 6.92 Å². The zero-order chi connectivity index (χ0) is 12.1. The van der Waals surface area contributed by atoms with Crippen molar-refractivity contribution >= 4 is 29.0 Å². The third-order valence-corrected chi connectivity index (χ3v) is 3.31. The fourth-order valence-corrected chi connectivity index (χ4v) is 2.23. The van der Waals surface area contributed by atoms with E-state index in [0.717, 1.165) is 10.6 Å². The van der Waals surface area contributed by atoms with Gasteiger partial charge in [0.15, 0.2) is 0 Å². The number of rotatable bonds is 3. The summed E-state index contributed by atoms with van der Waals surface area (Å²) in [6, 6.07) is 11.5. The van der Waals surface area contributed by atoms with Gasteiger partial charge in [0, 0.05) is 16.6 Å². The van der Waals surface area contributed by atoms with Gasteiger partial charge in [-0.2, -0.15) is 0 Å². The summed E-state index contributed by atoms with van der Waals surface area (Å²) in [5.41, 5.74) is 2.00. The number of carbonyl (C=O) groups is 1. The third kappa shape index (κ3) is 3.29. The lowest BCUT2D eigenvalue weighted by Crippen LogP contribution is -2.07. The highest BCUT2D eigenvalue weighted by Gasteiger charge is 1.98. The third-order valence-electron chi connectivity index (χ3n) is 2.33. The van der Waals surface area contributed by atoms with Gasteiger partial charge in [0.05, 0.1) is 0 Å². The molecule has 1 aromatic heterocycles. The van der Waals surface area contributed by atoms with Crippen molar-refractivity contribution in [2.45, 2.75) is 6.92 Å². The Balaban J connectivity index is 1.99. The standard InChI is InChI=1S/C14H13NOS/c1-11-9-10-17-13(11)7-8-14(16)15-12-5-3-2-4-6-12/h2-10H,1H3,(H,15,16). The molecule has 0 aliphatic rings. The lowest BCUT2D eigenvalue weighted by molar-refractivity contribution is -0.111. The average molecular weight is 243 g/mol. The van der Waals surface area contributed by atoms with Gasteiger partial charge < -0.3 is 5.32 Å². The van der Waals surface area contributed by atoms with Crippen molar-refractivity contribution < 1.29 is 4.79 Å². The number of hydrogen-bond donors (Lipinski definition) is 1. The van der Waals surface area contributed by atoms with Gasteiger partial charge in [-0.25, -0.2) is 0 Å². The lowest BCUT2D eigenvalue weighted by Gasteiger charge is -2.00. The number of para-hydroxylation sites is 1. The van der Waals surface area contributed by atoms with Gasteiger partial charge in [-0.05, 0) is 42.1 Å². The van der Waals surface area contributed by atoms with Gasteiger partial charge in [-0.3, -0.25) is 4.79 Å². The molecule has 0 unspecified atom stereocenters. The van der Waals surface area contributed by atoms with Gasteiger partial charge in [-0.15, -0.1) is 11.3 Å². The second-order valence-corrected chi connectivity index (χ2v) is 4.60. The van der Waals surface area contributed by atoms with E-state index in [1.54, 1.807) is 17.4 Å². The summed E-state index contributed by atoms with van der Waals surface area (Å²) >= 11 is 1.63. The highest BCUT2D eigenvalue weighted by molar-refractivity contribution is 7.11. The molecule has 1 amide bonds. The number of carbonyl (C=O) groups excluding carboxylic acids is 1. The minimum atomic E-state index is -0.107. The Labute approximate surface area is 105 Å². The molecule has 0 fully saturated rings. The molecule has 0 radical (unpaired) electrons. The van der Waals surface area contributed by atoms with Crippen LogP contribution in [0.25, 0.3) is 6.08 Å². The van der Waals surface area contributed by atoms with Crippen LogP contribution in [0.3, 0.4) is 0 Å². The largest absolute Gasteiger partial charge is 0.323 e. The van der Waals surface area contributed by atoms with E-state index in [1.165, 1.54) is 5.56 Å². The summed E-state index contributed by atoms with van der Waals surface area (Å²) < 4.78 is 0. The second kappa shape index (κ2) is 5.46. The molecule has 0 saturated carbocycles. The maximum Gasteiger partial charge on any atom is 0.248 e. The van der Waals surface area contributed by atoms with E-state index in [4.69, 9.17) is 0 Å². The molecule has 1 aromatic carbocycles. The lowest BCUT2D eigenvalue weighted by atomic mass is 10.2. The van der Waals surface area contributed by atoms with Gasteiger partial charge in [-0.1, -0.05) is 18.2 Å². The monoisotopic (exact) mass is 243 g/mol. The first-order chi connectivity index (χ1) is 8.25. The van der Waals surface area contributed by atoms with E-state index in [1.807, 2.05) is 54.8 Å². The van der Waals surface area contributed by atoms with Crippen LogP contribution in [0.15, 0.2) is 47.9 Å². The normalized spacial score (nSPS) is 10.6. The summed E-state index contributed by atoms with van der Waals surface area (Å²) in [7, 11) is 0. The van der Waals surface area contributed by atoms with Crippen molar-refractivity contribution in [1.29, 1.82) is 0 Å². The molecule has 0 spiro atoms. The smallest absolute Gasteiger partial charge is 0.248 e. The Morgan fingerprint density at radius 2 is 2.00 bits per heavy atom. The predicted molar refractivity (Wildman–Crippen MR) is 73.2 cm³/mol. The van der Waals surface area contributed by atoms with Crippen molar-refractivity contribution in [2.24, 2.45) is 0 Å². The highest BCUT2D eigenvalue weighted by Crippen LogP contribution is 2.17. The van der Waals surface area contributed by atoms with Crippen molar-refractivity contribution in [3.05, 3.63) is 58.3 Å². The quantitative estimate of drug-likeness (QED) is 0.818. The van der Waals surface area contributed by atoms with Gasteiger partial charge in [0.2, 0.25) is 5.91 Å². The first kappa shape index (κ1) is 11.6. The molecule has 1 heterocycles. The molecule has 1 N–H and O–H groups in total. The van der Waals surface area contributed by atoms with Crippen LogP contribution < -0.4 is 5.32 Å². The molecule has 2 aromatic rings. The van der Waals surface area contributed by atoms with Crippen molar-refractivity contribution in [3.8, 4) is 0 Å². The number of anilines is 1. The second-order valence-electron chi connectivity index (χ2n) is 3.66. The Bertz CT molecular complexity index is 528. The molecule has 0 aliphatic carbocycles. The summed E-state index contributed by atoms with van der Waals surface area (Å²) in [6.07, 6.45) is 3.41. The molecule has 0 bridgehead atoms. The Morgan fingerprint density at radius 3 is 2.65 bits per heavy atom. The number of benzene rings is 1. The summed E-state index contributed by atoms with van der Waals surface area (Å²) in [5.74, 6) is -0.107. The van der Waals surface area contributed by atoms with Crippen molar-refractivity contribution in [2.75, 3.05) is 5.32 Å². The van der Waals surface area contributed by atoms with E-state index in [-0.39, 0.29) is 5.91 Å². The Morgan fingerprint density at radius 1 is 1.24 bits per heavy atom. The molecule has 0 aliphatic heterocycles. The van der Waals surface area contributed by atoms with E-state index in [0.29, 0.717) is 0 Å². The van der Waals surface area contributed by atoms with Gasteiger partial charge >= 0.3 is 0 Å². The van der Waals surface area contributed by atoms with Crippen LogP contribution in [-0.2, 0) is 4.79 Å². The van der Waals surface area contributed by atoms with Crippen LogP contribution >= 0.6 is 11.3 Å². The number of hydrogen-bond acceptors (Lipinski definition) is 2. The van der Waals surface area contributed by atoms with Crippen molar-refractivity contribution in [1.82, 2.24) is 0 Å². The first-order valence-corrected chi connectivity index (χ1v) is 6.22. The maximum absolute atomic E-state index is 11.6. The van der Waals surface area contributed by atoms with Crippen LogP contribution in [-0.4, -0.2) is 5.91 Å². The van der Waals surface area contributed by atoms with Crippen molar-refractivity contribution in [3.63, 3.8) is 0 Å². The highest BCUT2D eigenvalue weighted by atomic mass is 32.1. The summed E-state index contributed by atoms with van der Waals surface area (Å²) in [4.78, 5) is 12.7. The predicted octanol–water partition coefficient (Wildman–Crippen LogP) is 3.71. The summed E-state index contributed by atoms with van der Waals surface area (Å²) in [6.45, 7) is 2.03. The summed E-state index contributed by atoms with van der Waals surface area (Å²) in [5, 5.41) is 4.82. The van der Waals surface area contributed by atoms with E-state index >= 15 is 0 Å². The molecule has 0 atom stereocenters. The Hall–Kier alpha value is -1.87. The molecule has 17 heavy (non-hydrogen) atoms. The minimum Gasteiger partial charge on any atom is -0.323 e. The molecular formula is C14H13NOS. The SMILES string of the molecule is Cc1ccsc1C=CC(=O)Nc1ccccc1. The number of aryl methyl sites for hydroxylation is 1. The number of thiophene rings is 1. The molecule has 86 valence electrons. The zero-order valence-corrected chi connectivity index (χ0v) is 10.3. The fraction of sp³-hybridized carbons (Fsp3) is 0.0714. The molecule has 2 rings (SSSR count). The van der Waals surface area contributed by atoms with E-state index < -0.39 is 0 Å². The first-order valence-electron chi connectivity index (χ1n) is 5.34. The van der Waals surface area contributed by atoms with E-state index in [9.17, 15) is 4.79 Å². The maximum atomic E-state index is 11.6. The molecule has 0 saturated heterocycles. The van der Waals surface area contributed by atoms with Crippen LogP contribution in [0.1, 0.15) is 10.4 Å². The van der Waals surface area contributed by atoms with Gasteiger partial charge in [0.25, 0.3) is 0 Å². The van der Waals surface area contributed by atoms with Crippen LogP contribution in [0.4, 0.5) is 5.69 Å². The topological polar surface area (TPSA) is 29.1 Å². The minimum absolute atomic E-state index is 0.107. The molecular weight excluding hydrogens is 230 g/mol. The number of nitrogens with one attached hydrogen (secondary N) is 1. The number of amides is 1. The van der Waals surface area contributed by atoms with Crippen LogP contribution in [0.5, 0.6) is 0 Å². The average Bonchev–Trinajstić information content (AvgIpc) is 2.74. The molecule has 3 heteroatoms.